The minimum Gasteiger partial charge on any atom is -0.394 e. The lowest BCUT2D eigenvalue weighted by molar-refractivity contribution is -0.121. The zero-order chi connectivity index (χ0) is 22.0. The van der Waals surface area contributed by atoms with E-state index in [0.717, 1.165) is 19.4 Å². The van der Waals surface area contributed by atoms with Gasteiger partial charge < -0.3 is 25.2 Å². The molecule has 0 saturated carbocycles. The molecule has 0 rings (SSSR count). The van der Waals surface area contributed by atoms with Crippen LogP contribution in [0.15, 0.2) is 0 Å². The lowest BCUT2D eigenvalue weighted by atomic mass is 9.75. The summed E-state index contributed by atoms with van der Waals surface area (Å²) >= 11 is 0. The van der Waals surface area contributed by atoms with Crippen molar-refractivity contribution in [3.05, 3.63) is 0 Å². The molecule has 29 heavy (non-hydrogen) atoms. The molecule has 174 valence electrons. The average Bonchev–Trinajstić information content (AvgIpc) is 2.66. The van der Waals surface area contributed by atoms with Crippen molar-refractivity contribution in [1.29, 1.82) is 0 Å². The van der Waals surface area contributed by atoms with Crippen molar-refractivity contribution in [3.63, 3.8) is 0 Å². The molecule has 0 aliphatic heterocycles. The summed E-state index contributed by atoms with van der Waals surface area (Å²) in [4.78, 5) is 12.0. The van der Waals surface area contributed by atoms with Crippen LogP contribution in [0.4, 0.5) is 0 Å². The molecule has 6 nitrogen and oxygen atoms in total. The third-order valence-electron chi connectivity index (χ3n) is 5.44. The summed E-state index contributed by atoms with van der Waals surface area (Å²) in [6, 6.07) is 0. The largest absolute Gasteiger partial charge is 0.394 e. The summed E-state index contributed by atoms with van der Waals surface area (Å²) in [7, 11) is 2.01. The maximum atomic E-state index is 12.0. The van der Waals surface area contributed by atoms with Gasteiger partial charge in [0.25, 0.3) is 0 Å². The second-order valence-electron chi connectivity index (χ2n) is 9.54. The van der Waals surface area contributed by atoms with Gasteiger partial charge in [-0.2, -0.15) is 0 Å². The number of hydrogen-bond donors (Lipinski definition) is 3. The van der Waals surface area contributed by atoms with E-state index in [4.69, 9.17) is 14.6 Å². The number of hydrogen-bond acceptors (Lipinski definition) is 5. The van der Waals surface area contributed by atoms with Crippen LogP contribution in [0, 0.1) is 10.8 Å². The van der Waals surface area contributed by atoms with Crippen LogP contribution >= 0.6 is 0 Å². The molecular weight excluding hydrogens is 368 g/mol. The molecule has 0 aromatic carbocycles. The van der Waals surface area contributed by atoms with Crippen LogP contribution in [0.25, 0.3) is 0 Å². The van der Waals surface area contributed by atoms with Crippen molar-refractivity contribution in [2.24, 2.45) is 10.8 Å². The first-order valence-electron chi connectivity index (χ1n) is 11.4. The normalized spacial score (nSPS) is 12.3. The van der Waals surface area contributed by atoms with Crippen molar-refractivity contribution in [1.82, 2.24) is 10.6 Å². The Hall–Kier alpha value is -0.690. The molecule has 3 N–H and O–H groups in total. The molecule has 1 amide bonds. The van der Waals surface area contributed by atoms with E-state index in [0.29, 0.717) is 44.8 Å². The van der Waals surface area contributed by atoms with Gasteiger partial charge in [0.2, 0.25) is 5.91 Å². The van der Waals surface area contributed by atoms with Gasteiger partial charge >= 0.3 is 0 Å². The lowest BCUT2D eigenvalue weighted by Gasteiger charge is -2.31. The molecule has 0 spiro atoms. The van der Waals surface area contributed by atoms with Crippen LogP contribution in [0.2, 0.25) is 0 Å². The zero-order valence-electron chi connectivity index (χ0n) is 19.8. The highest BCUT2D eigenvalue weighted by Crippen LogP contribution is 2.37. The molecule has 0 aliphatic carbocycles. The van der Waals surface area contributed by atoms with E-state index >= 15 is 0 Å². The number of unbranched alkanes of at least 4 members (excludes halogenated alkanes) is 1. The standard InChI is InChI=1S/C23H48N2O4/c1-22(2,10-6-7-14-24-5)12-13-23(3,4)11-8-9-21(27)25-15-17-28-19-20-29-18-16-26/h24,26H,6-20H2,1-5H3,(H,25,27). The number of aliphatic hydroxyl groups excluding tert-OH is 1. The van der Waals surface area contributed by atoms with E-state index in [1.54, 1.807) is 0 Å². The van der Waals surface area contributed by atoms with Crippen LogP contribution in [-0.4, -0.2) is 64.2 Å². The molecule has 0 heterocycles. The Morgan fingerprint density at radius 3 is 1.97 bits per heavy atom. The number of aliphatic hydroxyl groups is 1. The summed E-state index contributed by atoms with van der Waals surface area (Å²) in [5.74, 6) is 0.103. The van der Waals surface area contributed by atoms with Gasteiger partial charge in [0.1, 0.15) is 0 Å². The molecule has 0 unspecified atom stereocenters. The number of ether oxygens (including phenoxy) is 2. The molecule has 0 atom stereocenters. The van der Waals surface area contributed by atoms with E-state index in [1.807, 2.05) is 7.05 Å². The van der Waals surface area contributed by atoms with Gasteiger partial charge in [0, 0.05) is 13.0 Å². The third-order valence-corrected chi connectivity index (χ3v) is 5.44. The van der Waals surface area contributed by atoms with E-state index in [2.05, 4.69) is 38.3 Å². The van der Waals surface area contributed by atoms with Crippen LogP contribution in [-0.2, 0) is 14.3 Å². The van der Waals surface area contributed by atoms with E-state index in [1.165, 1.54) is 32.1 Å². The summed E-state index contributed by atoms with van der Waals surface area (Å²) in [6.07, 6.45) is 8.85. The number of amides is 1. The Kier molecular flexibility index (Phi) is 16.6. The van der Waals surface area contributed by atoms with Crippen molar-refractivity contribution in [2.45, 2.75) is 79.1 Å². The van der Waals surface area contributed by atoms with Crippen molar-refractivity contribution >= 4 is 5.91 Å². The van der Waals surface area contributed by atoms with Gasteiger partial charge in [0.05, 0.1) is 33.0 Å². The molecular formula is C23H48N2O4. The van der Waals surface area contributed by atoms with Gasteiger partial charge in [-0.05, 0) is 62.9 Å². The Morgan fingerprint density at radius 1 is 0.793 bits per heavy atom. The highest BCUT2D eigenvalue weighted by atomic mass is 16.5. The lowest BCUT2D eigenvalue weighted by Crippen LogP contribution is -2.27. The van der Waals surface area contributed by atoms with E-state index in [-0.39, 0.29) is 17.9 Å². The first-order valence-corrected chi connectivity index (χ1v) is 11.4. The first kappa shape index (κ1) is 28.3. The fourth-order valence-corrected chi connectivity index (χ4v) is 3.30. The summed E-state index contributed by atoms with van der Waals surface area (Å²) in [5.41, 5.74) is 0.672. The second-order valence-corrected chi connectivity index (χ2v) is 9.54. The minimum atomic E-state index is 0.0294. The Morgan fingerprint density at radius 2 is 1.38 bits per heavy atom. The van der Waals surface area contributed by atoms with Gasteiger partial charge in [-0.25, -0.2) is 0 Å². The minimum absolute atomic E-state index is 0.0294. The highest BCUT2D eigenvalue weighted by Gasteiger charge is 2.24. The molecule has 6 heteroatoms. The fraction of sp³-hybridized carbons (Fsp3) is 0.957. The summed E-state index contributed by atoms with van der Waals surface area (Å²) < 4.78 is 10.5. The molecule has 0 aromatic rings. The van der Waals surface area contributed by atoms with Crippen LogP contribution in [0.1, 0.15) is 79.1 Å². The summed E-state index contributed by atoms with van der Waals surface area (Å²) in [5, 5.41) is 14.7. The first-order chi connectivity index (χ1) is 13.7. The quantitative estimate of drug-likeness (QED) is 0.265. The molecule has 0 saturated heterocycles. The number of carbonyl (C=O) groups is 1. The van der Waals surface area contributed by atoms with Crippen molar-refractivity contribution in [3.8, 4) is 0 Å². The maximum Gasteiger partial charge on any atom is 0.220 e. The summed E-state index contributed by atoms with van der Waals surface area (Å²) in [6.45, 7) is 12.9. The Bertz CT molecular complexity index is 400. The highest BCUT2D eigenvalue weighted by molar-refractivity contribution is 5.75. The van der Waals surface area contributed by atoms with Crippen molar-refractivity contribution in [2.75, 3.05) is 53.2 Å². The predicted octanol–water partition coefficient (Wildman–Crippen LogP) is 3.52. The van der Waals surface area contributed by atoms with Crippen LogP contribution < -0.4 is 10.6 Å². The zero-order valence-corrected chi connectivity index (χ0v) is 19.8. The maximum absolute atomic E-state index is 12.0. The molecule has 0 bridgehead atoms. The van der Waals surface area contributed by atoms with Crippen LogP contribution in [0.5, 0.6) is 0 Å². The molecule has 0 radical (unpaired) electrons. The van der Waals surface area contributed by atoms with E-state index < -0.39 is 0 Å². The van der Waals surface area contributed by atoms with Gasteiger partial charge in [-0.1, -0.05) is 34.1 Å². The number of nitrogens with one attached hydrogen (secondary N) is 2. The van der Waals surface area contributed by atoms with Crippen molar-refractivity contribution < 1.29 is 19.4 Å². The second kappa shape index (κ2) is 17.0. The average molecular weight is 417 g/mol. The van der Waals surface area contributed by atoms with Gasteiger partial charge in [0.15, 0.2) is 0 Å². The van der Waals surface area contributed by atoms with Gasteiger partial charge in [-0.3, -0.25) is 4.79 Å². The molecule has 0 aromatic heterocycles. The van der Waals surface area contributed by atoms with Crippen LogP contribution in [0.3, 0.4) is 0 Å². The number of rotatable bonds is 20. The number of carbonyl (C=O) groups excluding carboxylic acids is 1. The molecule has 0 aliphatic rings. The predicted molar refractivity (Wildman–Crippen MR) is 120 cm³/mol. The Balaban J connectivity index is 3.77. The van der Waals surface area contributed by atoms with E-state index in [9.17, 15) is 4.79 Å². The monoisotopic (exact) mass is 416 g/mol. The molecule has 0 fully saturated rings. The topological polar surface area (TPSA) is 79.8 Å². The SMILES string of the molecule is CNCCCCC(C)(C)CCC(C)(C)CCCC(=O)NCCOCCOCCO. The van der Waals surface area contributed by atoms with Gasteiger partial charge in [-0.15, -0.1) is 0 Å². The third kappa shape index (κ3) is 19.0. The fourth-order valence-electron chi connectivity index (χ4n) is 3.30. The Labute approximate surface area is 179 Å². The smallest absolute Gasteiger partial charge is 0.220 e.